The van der Waals surface area contributed by atoms with Gasteiger partial charge in [0.05, 0.1) is 21.1 Å². The molecule has 0 atom stereocenters. The molecule has 18 heavy (non-hydrogen) atoms. The third-order valence-electron chi connectivity index (χ3n) is 2.12. The Morgan fingerprint density at radius 1 is 1.33 bits per heavy atom. The largest absolute Gasteiger partial charge is 1.00 e. The first kappa shape index (κ1) is 20.1. The van der Waals surface area contributed by atoms with Crippen LogP contribution in [0.5, 0.6) is 5.75 Å². The summed E-state index contributed by atoms with van der Waals surface area (Å²) >= 11 is 0. The van der Waals surface area contributed by atoms with Crippen molar-refractivity contribution in [2.75, 3.05) is 34.3 Å². The summed E-state index contributed by atoms with van der Waals surface area (Å²) in [7, 11) is 6.06. The SMILES string of the molecule is C[N+](C)(C)CCOC(=O)c1ccccc1O.S.[H-].[Na+]. The van der Waals surface area contributed by atoms with Crippen LogP contribution in [-0.4, -0.2) is 49.9 Å². The monoisotopic (exact) mass is 282 g/mol. The number of nitrogens with zero attached hydrogens (tertiary/aromatic N) is 1. The zero-order chi connectivity index (χ0) is 12.2. The summed E-state index contributed by atoms with van der Waals surface area (Å²) in [6.07, 6.45) is 0. The van der Waals surface area contributed by atoms with E-state index >= 15 is 0 Å². The van der Waals surface area contributed by atoms with Gasteiger partial charge in [-0.3, -0.25) is 0 Å². The molecule has 0 radical (unpaired) electrons. The predicted octanol–water partition coefficient (Wildman–Crippen LogP) is -1.52. The van der Waals surface area contributed by atoms with Crippen molar-refractivity contribution in [2.45, 2.75) is 0 Å². The number of esters is 1. The molecule has 0 unspecified atom stereocenters. The van der Waals surface area contributed by atoms with Crippen molar-refractivity contribution in [3.05, 3.63) is 29.8 Å². The van der Waals surface area contributed by atoms with E-state index in [0.29, 0.717) is 6.61 Å². The summed E-state index contributed by atoms with van der Waals surface area (Å²) in [6.45, 7) is 1.08. The van der Waals surface area contributed by atoms with Gasteiger partial charge in [0.15, 0.2) is 0 Å². The molecule has 1 aromatic rings. The third kappa shape index (κ3) is 7.28. The number of carbonyl (C=O) groups excluding carboxylic acids is 1. The maximum atomic E-state index is 11.6. The van der Waals surface area contributed by atoms with Crippen LogP contribution in [0.1, 0.15) is 11.8 Å². The van der Waals surface area contributed by atoms with Crippen LogP contribution in [-0.2, 0) is 4.74 Å². The van der Waals surface area contributed by atoms with Gasteiger partial charge in [0.25, 0.3) is 0 Å². The Morgan fingerprint density at radius 3 is 2.39 bits per heavy atom. The summed E-state index contributed by atoms with van der Waals surface area (Å²) < 4.78 is 5.80. The number of hydrogen-bond donors (Lipinski definition) is 1. The average Bonchev–Trinajstić information content (AvgIpc) is 2.16. The number of quaternary nitrogens is 1. The van der Waals surface area contributed by atoms with E-state index in [1.807, 2.05) is 21.1 Å². The quantitative estimate of drug-likeness (QED) is 0.415. The standard InChI is InChI=1S/C12H17NO3.Na.H2S.H/c1-13(2,3)8-9-16-12(15)10-6-4-5-7-11(10)14;;;/h4-7H,8-9H2,1-3H3;;1H2;/q;+1;;-1/p+1. The molecule has 0 aliphatic heterocycles. The molecule has 0 spiro atoms. The second kappa shape index (κ2) is 8.82. The normalized spacial score (nSPS) is 9.94. The molecule has 4 nitrogen and oxygen atoms in total. The van der Waals surface area contributed by atoms with Gasteiger partial charge in [-0.1, -0.05) is 12.1 Å². The fraction of sp³-hybridized carbons (Fsp3) is 0.417. The fourth-order valence-electron chi connectivity index (χ4n) is 1.14. The first-order chi connectivity index (χ1) is 7.40. The molecule has 1 rings (SSSR count). The van der Waals surface area contributed by atoms with E-state index in [0.717, 1.165) is 11.0 Å². The molecule has 1 N–H and O–H groups in total. The number of rotatable bonds is 4. The van der Waals surface area contributed by atoms with Crippen LogP contribution in [0.2, 0.25) is 0 Å². The van der Waals surface area contributed by atoms with Crippen LogP contribution >= 0.6 is 13.5 Å². The molecular weight excluding hydrogens is 261 g/mol. The van der Waals surface area contributed by atoms with Crippen LogP contribution < -0.4 is 29.6 Å². The van der Waals surface area contributed by atoms with Crippen LogP contribution in [0.15, 0.2) is 24.3 Å². The summed E-state index contributed by atoms with van der Waals surface area (Å²) in [5.74, 6) is -0.524. The Labute approximate surface area is 139 Å². The zero-order valence-corrected chi connectivity index (χ0v) is 14.4. The number of likely N-dealkylation sites (N-methyl/N-ethyl adjacent to an activating group) is 1. The van der Waals surface area contributed by atoms with Crippen LogP contribution in [0.4, 0.5) is 0 Å². The Morgan fingerprint density at radius 2 is 1.89 bits per heavy atom. The molecule has 0 aliphatic rings. The number of phenolic OH excluding ortho intramolecular Hbond substituents is 1. The summed E-state index contributed by atoms with van der Waals surface area (Å²) in [5.41, 5.74) is 0.212. The van der Waals surface area contributed by atoms with E-state index in [-0.39, 0.29) is 55.8 Å². The molecule has 1 aromatic carbocycles. The van der Waals surface area contributed by atoms with Gasteiger partial charge in [-0.25, -0.2) is 4.79 Å². The maximum Gasteiger partial charge on any atom is 1.00 e. The predicted molar refractivity (Wildman–Crippen MR) is 72.8 cm³/mol. The van der Waals surface area contributed by atoms with Gasteiger partial charge in [0.2, 0.25) is 0 Å². The summed E-state index contributed by atoms with van der Waals surface area (Å²) in [6, 6.07) is 6.37. The van der Waals surface area contributed by atoms with Gasteiger partial charge in [0.1, 0.15) is 24.5 Å². The number of phenols is 1. The number of benzene rings is 1. The van der Waals surface area contributed by atoms with E-state index in [9.17, 15) is 9.90 Å². The summed E-state index contributed by atoms with van der Waals surface area (Å²) in [4.78, 5) is 11.6. The smallest absolute Gasteiger partial charge is 1.00 e. The number of ether oxygens (including phenoxy) is 1. The van der Waals surface area contributed by atoms with Gasteiger partial charge in [0, 0.05) is 0 Å². The van der Waals surface area contributed by atoms with Crippen molar-refractivity contribution in [1.29, 1.82) is 0 Å². The van der Waals surface area contributed by atoms with E-state index in [1.54, 1.807) is 18.2 Å². The molecule has 0 aromatic heterocycles. The number of aromatic hydroxyl groups is 1. The first-order valence-corrected chi connectivity index (χ1v) is 5.16. The second-order valence-electron chi connectivity index (χ2n) is 4.67. The minimum atomic E-state index is -0.480. The topological polar surface area (TPSA) is 46.5 Å². The molecule has 0 fully saturated rings. The minimum Gasteiger partial charge on any atom is -1.00 e. The molecule has 0 saturated heterocycles. The minimum absolute atomic E-state index is 0. The Kier molecular flexibility index (Phi) is 9.87. The van der Waals surface area contributed by atoms with Gasteiger partial charge >= 0.3 is 35.5 Å². The first-order valence-electron chi connectivity index (χ1n) is 5.16. The van der Waals surface area contributed by atoms with Gasteiger partial charge < -0.3 is 15.8 Å². The van der Waals surface area contributed by atoms with Crippen molar-refractivity contribution in [2.24, 2.45) is 0 Å². The molecule has 0 saturated carbocycles. The Bertz CT molecular complexity index is 385. The molecule has 0 amide bonds. The van der Waals surface area contributed by atoms with Crippen molar-refractivity contribution in [1.82, 2.24) is 0 Å². The average molecular weight is 282 g/mol. The molecule has 0 heterocycles. The van der Waals surface area contributed by atoms with Gasteiger partial charge in [-0.05, 0) is 12.1 Å². The Hall–Kier alpha value is -0.200. The fourth-order valence-corrected chi connectivity index (χ4v) is 1.14. The molecule has 98 valence electrons. The molecule has 0 aliphatic carbocycles. The maximum absolute atomic E-state index is 11.6. The van der Waals surface area contributed by atoms with Crippen molar-refractivity contribution < 1.29 is 50.1 Å². The van der Waals surface area contributed by atoms with E-state index in [4.69, 9.17) is 4.74 Å². The van der Waals surface area contributed by atoms with E-state index in [2.05, 4.69) is 0 Å². The van der Waals surface area contributed by atoms with Gasteiger partial charge in [-0.2, -0.15) is 13.5 Å². The molecule has 0 bridgehead atoms. The van der Waals surface area contributed by atoms with E-state index in [1.165, 1.54) is 6.07 Å². The van der Waals surface area contributed by atoms with Crippen molar-refractivity contribution in [3.63, 3.8) is 0 Å². The van der Waals surface area contributed by atoms with Crippen LogP contribution in [0.3, 0.4) is 0 Å². The van der Waals surface area contributed by atoms with E-state index < -0.39 is 5.97 Å². The van der Waals surface area contributed by atoms with Crippen LogP contribution in [0, 0.1) is 0 Å². The third-order valence-corrected chi connectivity index (χ3v) is 2.12. The van der Waals surface area contributed by atoms with Crippen LogP contribution in [0.25, 0.3) is 0 Å². The Balaban J connectivity index is -0.000000853. The second-order valence-corrected chi connectivity index (χ2v) is 4.67. The van der Waals surface area contributed by atoms with Crippen molar-refractivity contribution >= 4 is 19.5 Å². The van der Waals surface area contributed by atoms with Gasteiger partial charge in [-0.15, -0.1) is 0 Å². The van der Waals surface area contributed by atoms with Crippen molar-refractivity contribution in [3.8, 4) is 5.75 Å². The summed E-state index contributed by atoms with van der Waals surface area (Å²) in [5, 5.41) is 9.44. The zero-order valence-electron chi connectivity index (χ0n) is 12.4. The number of para-hydroxylation sites is 1. The molecule has 6 heteroatoms. The molecular formula is C12H21NNaO3S+. The number of carbonyl (C=O) groups is 1. The number of hydrogen-bond acceptors (Lipinski definition) is 3.